The van der Waals surface area contributed by atoms with E-state index in [0.717, 1.165) is 6.42 Å². The first-order valence-corrected chi connectivity index (χ1v) is 9.31. The minimum absolute atomic E-state index is 0.175. The van der Waals surface area contributed by atoms with Gasteiger partial charge in [0.15, 0.2) is 0 Å². The third-order valence-electron chi connectivity index (χ3n) is 3.87. The van der Waals surface area contributed by atoms with Crippen molar-refractivity contribution in [2.75, 3.05) is 13.1 Å². The molecule has 1 aliphatic heterocycles. The molecule has 0 bridgehead atoms. The van der Waals surface area contributed by atoms with Gasteiger partial charge in [-0.1, -0.05) is 18.2 Å². The van der Waals surface area contributed by atoms with Crippen LogP contribution in [0, 0.1) is 5.82 Å². The molecule has 24 heavy (non-hydrogen) atoms. The number of hydrogen-bond acceptors (Lipinski definition) is 5. The van der Waals surface area contributed by atoms with E-state index < -0.39 is 15.8 Å². The highest BCUT2D eigenvalue weighted by Crippen LogP contribution is 2.21. The summed E-state index contributed by atoms with van der Waals surface area (Å²) in [6, 6.07) is 9.31. The lowest BCUT2D eigenvalue weighted by atomic mass is 10.1. The number of rotatable bonds is 5. The Bertz CT molecular complexity index is 786. The summed E-state index contributed by atoms with van der Waals surface area (Å²) in [6.45, 7) is 0.643. The van der Waals surface area contributed by atoms with Crippen molar-refractivity contribution in [3.8, 4) is 5.88 Å². The molecule has 0 N–H and O–H groups in total. The number of ether oxygens (including phenoxy) is 1. The zero-order chi connectivity index (χ0) is 17.0. The average molecular weight is 351 g/mol. The fourth-order valence-corrected chi connectivity index (χ4v) is 4.29. The lowest BCUT2D eigenvalue weighted by Crippen LogP contribution is -2.44. The molecular weight excluding hydrogens is 333 g/mol. The number of halogens is 1. The molecule has 0 aliphatic carbocycles. The van der Waals surface area contributed by atoms with Crippen molar-refractivity contribution in [1.29, 1.82) is 0 Å². The van der Waals surface area contributed by atoms with Crippen LogP contribution in [-0.4, -0.2) is 42.1 Å². The Labute approximate surface area is 140 Å². The van der Waals surface area contributed by atoms with Crippen LogP contribution in [0.4, 0.5) is 4.39 Å². The van der Waals surface area contributed by atoms with E-state index in [4.69, 9.17) is 4.74 Å². The molecule has 0 amide bonds. The Kier molecular flexibility index (Phi) is 5.06. The summed E-state index contributed by atoms with van der Waals surface area (Å²) in [5.41, 5.74) is 0.175. The summed E-state index contributed by atoms with van der Waals surface area (Å²) >= 11 is 0. The summed E-state index contributed by atoms with van der Waals surface area (Å²) in [5, 5.41) is 7.58. The number of piperidine rings is 1. The predicted octanol–water partition coefficient (Wildman–Crippen LogP) is 1.99. The van der Waals surface area contributed by atoms with Gasteiger partial charge in [0.1, 0.15) is 11.9 Å². The van der Waals surface area contributed by atoms with Gasteiger partial charge < -0.3 is 4.74 Å². The summed E-state index contributed by atoms with van der Waals surface area (Å²) in [5.74, 6) is -0.487. The van der Waals surface area contributed by atoms with Crippen LogP contribution >= 0.6 is 0 Å². The third kappa shape index (κ3) is 4.07. The SMILES string of the molecule is O=S(=O)(Cc1ccccc1F)N1CCCC(Oc2cccnn2)C1. The van der Waals surface area contributed by atoms with Gasteiger partial charge >= 0.3 is 0 Å². The van der Waals surface area contributed by atoms with E-state index in [0.29, 0.717) is 18.8 Å². The van der Waals surface area contributed by atoms with E-state index in [9.17, 15) is 12.8 Å². The van der Waals surface area contributed by atoms with Crippen molar-refractivity contribution in [1.82, 2.24) is 14.5 Å². The van der Waals surface area contributed by atoms with Crippen molar-refractivity contribution in [3.63, 3.8) is 0 Å². The molecule has 2 aromatic rings. The Balaban J connectivity index is 1.68. The molecule has 8 heteroatoms. The van der Waals surface area contributed by atoms with Crippen molar-refractivity contribution in [3.05, 3.63) is 54.0 Å². The van der Waals surface area contributed by atoms with Gasteiger partial charge in [0.05, 0.1) is 12.3 Å². The van der Waals surface area contributed by atoms with Gasteiger partial charge in [-0.05, 0) is 25.0 Å². The minimum Gasteiger partial charge on any atom is -0.472 e. The molecule has 128 valence electrons. The molecule has 0 radical (unpaired) electrons. The molecule has 1 aromatic carbocycles. The fraction of sp³-hybridized carbons (Fsp3) is 0.375. The van der Waals surface area contributed by atoms with E-state index in [1.54, 1.807) is 24.4 Å². The van der Waals surface area contributed by atoms with E-state index in [2.05, 4.69) is 10.2 Å². The standard InChI is InChI=1S/C16H18FN3O3S/c17-15-7-2-1-5-13(15)12-24(21,22)20-10-4-6-14(11-20)23-16-8-3-9-18-19-16/h1-3,5,7-9,14H,4,6,10-12H2. The molecule has 0 saturated carbocycles. The second kappa shape index (κ2) is 7.23. The summed E-state index contributed by atoms with van der Waals surface area (Å²) in [4.78, 5) is 0. The Morgan fingerprint density at radius 3 is 2.83 bits per heavy atom. The second-order valence-corrected chi connectivity index (χ2v) is 7.62. The summed E-state index contributed by atoms with van der Waals surface area (Å²) < 4.78 is 46.0. The maximum Gasteiger partial charge on any atom is 0.233 e. The number of hydrogen-bond donors (Lipinski definition) is 0. The highest BCUT2D eigenvalue weighted by molar-refractivity contribution is 7.88. The molecule has 1 fully saturated rings. The second-order valence-electron chi connectivity index (χ2n) is 5.65. The van der Waals surface area contributed by atoms with Crippen molar-refractivity contribution in [2.45, 2.75) is 24.7 Å². The molecule has 0 spiro atoms. The lowest BCUT2D eigenvalue weighted by Gasteiger charge is -2.31. The van der Waals surface area contributed by atoms with Gasteiger partial charge in [0.25, 0.3) is 0 Å². The van der Waals surface area contributed by atoms with Crippen molar-refractivity contribution >= 4 is 10.0 Å². The topological polar surface area (TPSA) is 72.4 Å². The maximum atomic E-state index is 13.7. The number of nitrogens with zero attached hydrogens (tertiary/aromatic N) is 3. The van der Waals surface area contributed by atoms with Crippen LogP contribution in [0.25, 0.3) is 0 Å². The first-order chi connectivity index (χ1) is 11.5. The van der Waals surface area contributed by atoms with Gasteiger partial charge in [-0.2, -0.15) is 9.40 Å². The van der Waals surface area contributed by atoms with Crippen LogP contribution in [0.3, 0.4) is 0 Å². The normalized spacial score (nSPS) is 19.1. The molecule has 3 rings (SSSR count). The van der Waals surface area contributed by atoms with Crippen molar-refractivity contribution < 1.29 is 17.5 Å². The monoisotopic (exact) mass is 351 g/mol. The minimum atomic E-state index is -3.61. The Morgan fingerprint density at radius 2 is 2.08 bits per heavy atom. The van der Waals surface area contributed by atoms with Gasteiger partial charge in [-0.15, -0.1) is 5.10 Å². The van der Waals surface area contributed by atoms with Gasteiger partial charge in [0, 0.05) is 24.4 Å². The molecule has 1 atom stereocenters. The molecule has 1 aliphatic rings. The largest absolute Gasteiger partial charge is 0.472 e. The van der Waals surface area contributed by atoms with Crippen LogP contribution in [0.1, 0.15) is 18.4 Å². The zero-order valence-corrected chi connectivity index (χ0v) is 13.8. The number of sulfonamides is 1. The molecule has 2 heterocycles. The first-order valence-electron chi connectivity index (χ1n) is 7.70. The first kappa shape index (κ1) is 16.8. The van der Waals surface area contributed by atoms with E-state index >= 15 is 0 Å². The van der Waals surface area contributed by atoms with Crippen LogP contribution < -0.4 is 4.74 Å². The van der Waals surface area contributed by atoms with Crippen LogP contribution in [0.5, 0.6) is 5.88 Å². The Morgan fingerprint density at radius 1 is 1.25 bits per heavy atom. The molecule has 1 aromatic heterocycles. The number of aromatic nitrogens is 2. The smallest absolute Gasteiger partial charge is 0.233 e. The van der Waals surface area contributed by atoms with E-state index in [1.165, 1.54) is 22.5 Å². The average Bonchev–Trinajstić information content (AvgIpc) is 2.58. The molecular formula is C16H18FN3O3S. The lowest BCUT2D eigenvalue weighted by molar-refractivity contribution is 0.123. The highest BCUT2D eigenvalue weighted by Gasteiger charge is 2.30. The van der Waals surface area contributed by atoms with E-state index in [1.807, 2.05) is 0 Å². The van der Waals surface area contributed by atoms with Crippen LogP contribution in [0.2, 0.25) is 0 Å². The fourth-order valence-electron chi connectivity index (χ4n) is 2.68. The van der Waals surface area contributed by atoms with Crippen LogP contribution in [-0.2, 0) is 15.8 Å². The van der Waals surface area contributed by atoms with Crippen molar-refractivity contribution in [2.24, 2.45) is 0 Å². The van der Waals surface area contributed by atoms with Gasteiger partial charge in [-0.25, -0.2) is 12.8 Å². The quantitative estimate of drug-likeness (QED) is 0.824. The maximum absolute atomic E-state index is 13.7. The zero-order valence-electron chi connectivity index (χ0n) is 13.0. The van der Waals surface area contributed by atoms with Gasteiger partial charge in [-0.3, -0.25) is 0 Å². The van der Waals surface area contributed by atoms with Crippen LogP contribution in [0.15, 0.2) is 42.6 Å². The summed E-state index contributed by atoms with van der Waals surface area (Å²) in [6.07, 6.45) is 2.67. The molecule has 6 nitrogen and oxygen atoms in total. The number of benzene rings is 1. The molecule has 1 unspecified atom stereocenters. The summed E-state index contributed by atoms with van der Waals surface area (Å²) in [7, 11) is -3.61. The van der Waals surface area contributed by atoms with Gasteiger partial charge in [0.2, 0.25) is 15.9 Å². The third-order valence-corrected chi connectivity index (χ3v) is 5.66. The van der Waals surface area contributed by atoms with E-state index in [-0.39, 0.29) is 24.0 Å². The molecule has 1 saturated heterocycles. The predicted molar refractivity (Wildman–Crippen MR) is 86.3 cm³/mol. The highest BCUT2D eigenvalue weighted by atomic mass is 32.2. The Hall–Kier alpha value is -2.06.